The van der Waals surface area contributed by atoms with E-state index in [9.17, 15) is 70.2 Å². The number of ether oxygens (including phenoxy) is 2. The summed E-state index contributed by atoms with van der Waals surface area (Å²) >= 11 is 0. The molecule has 16 nitrogen and oxygen atoms in total. The van der Waals surface area contributed by atoms with E-state index in [1.54, 1.807) is 0 Å². The van der Waals surface area contributed by atoms with E-state index < -0.39 is 0 Å². The van der Waals surface area contributed by atoms with Crippen LogP contribution in [0.5, 0.6) is 0 Å². The molecule has 15 unspecified atom stereocenters. The van der Waals surface area contributed by atoms with E-state index in [1.807, 2.05) is 0 Å². The minimum atomic E-state index is -0.231. The number of fused-ring (bicyclic) bond motifs is 25. The molecule has 0 radical (unpaired) electrons. The lowest BCUT2D eigenvalue weighted by atomic mass is 9.41. The van der Waals surface area contributed by atoms with Gasteiger partial charge in [-0.05, 0) is 494 Å². The Morgan fingerprint density at radius 2 is 0.510 bits per heavy atom. The van der Waals surface area contributed by atoms with Crippen LogP contribution in [-0.4, -0.2) is 151 Å². The number of methoxy groups -OCH3 is 2. The van der Waals surface area contributed by atoms with Gasteiger partial charge in [-0.2, -0.15) is 0 Å². The Bertz CT molecular complexity index is 3940. The first kappa shape index (κ1) is 117. The van der Waals surface area contributed by atoms with E-state index in [1.165, 1.54) is 143 Å². The predicted octanol–water partition coefficient (Wildman–Crippen LogP) is 25.8. The van der Waals surface area contributed by atoms with Crippen molar-refractivity contribution in [3.05, 3.63) is 0 Å². The number of carbonyl (C=O) groups is 4. The number of ketones is 2. The molecule has 0 aromatic carbocycles. The van der Waals surface area contributed by atoms with Crippen molar-refractivity contribution >= 4 is 23.5 Å². The van der Waals surface area contributed by atoms with Gasteiger partial charge in [0.05, 0.1) is 56.9 Å². The second-order valence-corrected chi connectivity index (χ2v) is 58.7. The smallest absolute Gasteiger partial charge is 0.305 e. The second-order valence-electron chi connectivity index (χ2n) is 58.7. The van der Waals surface area contributed by atoms with Crippen molar-refractivity contribution in [2.24, 2.45) is 267 Å². The molecule has 20 aliphatic carbocycles. The van der Waals surface area contributed by atoms with Crippen LogP contribution >= 0.6 is 0 Å². The molecule has 0 spiro atoms. The first-order valence-electron chi connectivity index (χ1n) is 62.0. The summed E-state index contributed by atoms with van der Waals surface area (Å²) in [5, 5.41) is 105. The highest BCUT2D eigenvalue weighted by Crippen LogP contribution is 2.77. The topological polar surface area (TPSA) is 289 Å². The zero-order valence-electron chi connectivity index (χ0n) is 95.7. The summed E-state index contributed by atoms with van der Waals surface area (Å²) < 4.78 is 9.92. The maximum Gasteiger partial charge on any atom is 0.305 e. The summed E-state index contributed by atoms with van der Waals surface area (Å²) in [4.78, 5) is 51.8. The fraction of sp³-hybridized carbons (Fsp3) is 0.969. The summed E-state index contributed by atoms with van der Waals surface area (Å²) in [7, 11) is 2.97. The van der Waals surface area contributed by atoms with Crippen LogP contribution in [0.1, 0.15) is 442 Å². The SMILES string of the molecule is C.CC[C@@H]1C(=O)C2C3CC[C@H]([C@H](C)CC(=O)OC)[C@@]3(C)CCC2[C@@]2(C)CC[C@@H](C)C[C@@H]12.CC[C@@H]1[C@@H](O)C2C3CC[C@H]([C@H](C)CCO)[C@@]3(C)CCC2[C@@]2(C)CC[C@@H](O)C[C@@H]12.CC[C@@H]1[C@H](O)C2C3CC[C@H]([C@H](C)CCO)[C@@]3(C)CCC2[C@@]2(C)CC[C@@H](O)C[C@@H]12.CC[C@H]1C(=O)C2C3CC[C@H]([C@H](C)CC(=O)OC)[C@@]3(C)CCC2[C@@]2(C)CC[C@@H](O)C[C@@H]12.CC[C@H]1[C@@H](O)C2C3CC[C@H]([C@H](C)CCO)[C@@]3(C)CCC2[C@@]2(C)CC[C@@H](O)C[C@@H]12. The van der Waals surface area contributed by atoms with Gasteiger partial charge in [0.15, 0.2) is 0 Å². The maximum atomic E-state index is 14.0. The third-order valence-electron chi connectivity index (χ3n) is 53.7. The van der Waals surface area contributed by atoms with Crippen molar-refractivity contribution in [1.82, 2.24) is 0 Å². The van der Waals surface area contributed by atoms with Crippen molar-refractivity contribution in [1.29, 1.82) is 0 Å². The molecule has 0 aromatic heterocycles. The monoisotopic (exact) mass is 2030 g/mol. The summed E-state index contributed by atoms with van der Waals surface area (Å²) in [6.45, 7) is 50.9. The van der Waals surface area contributed by atoms with Gasteiger partial charge in [-0.25, -0.2) is 0 Å². The van der Waals surface area contributed by atoms with Gasteiger partial charge >= 0.3 is 11.9 Å². The van der Waals surface area contributed by atoms with Crippen molar-refractivity contribution in [2.45, 2.75) is 484 Å². The van der Waals surface area contributed by atoms with Crippen LogP contribution in [0.15, 0.2) is 0 Å². The number of Topliss-reactive ketones (excluding diaryl/α,β-unsaturated/α-hetero) is 2. The van der Waals surface area contributed by atoms with Crippen LogP contribution in [0.2, 0.25) is 0 Å². The first-order valence-corrected chi connectivity index (χ1v) is 62.0. The minimum absolute atomic E-state index is 0. The van der Waals surface area contributed by atoms with Gasteiger partial charge in [-0.1, -0.05) is 179 Å². The van der Waals surface area contributed by atoms with E-state index >= 15 is 0 Å². The van der Waals surface area contributed by atoms with Crippen molar-refractivity contribution in [3.63, 3.8) is 0 Å². The summed E-state index contributed by atoms with van der Waals surface area (Å²) in [5.41, 5.74) is 2.75. The lowest BCUT2D eigenvalue weighted by molar-refractivity contribution is -0.203. The van der Waals surface area contributed by atoms with Gasteiger partial charge in [-0.15, -0.1) is 0 Å². The Balaban J connectivity index is 0.000000136. The van der Waals surface area contributed by atoms with Crippen LogP contribution in [0.25, 0.3) is 0 Å². The Morgan fingerprint density at radius 3 is 0.779 bits per heavy atom. The normalized spacial score (nSPS) is 51.9. The van der Waals surface area contributed by atoms with E-state index in [-0.39, 0.29) is 102 Å². The van der Waals surface area contributed by atoms with Gasteiger partial charge in [0, 0.05) is 56.3 Å². The minimum Gasteiger partial charge on any atom is -0.469 e. The molecule has 20 fully saturated rings. The van der Waals surface area contributed by atoms with Gasteiger partial charge in [0.2, 0.25) is 0 Å². The second kappa shape index (κ2) is 45.5. The fourth-order valence-corrected chi connectivity index (χ4v) is 46.4. The largest absolute Gasteiger partial charge is 0.469 e. The highest BCUT2D eigenvalue weighted by molar-refractivity contribution is 5.87. The van der Waals surface area contributed by atoms with E-state index in [0.29, 0.717) is 266 Å². The Labute approximate surface area is 883 Å². The quantitative estimate of drug-likeness (QED) is 0.0507. The van der Waals surface area contributed by atoms with Gasteiger partial charge in [0.1, 0.15) is 11.6 Å². The highest BCUT2D eigenvalue weighted by Gasteiger charge is 2.73. The van der Waals surface area contributed by atoms with Crippen LogP contribution < -0.4 is 0 Å². The molecule has 20 rings (SSSR count). The molecule has 10 N–H and O–H groups in total. The third-order valence-corrected chi connectivity index (χ3v) is 53.7. The molecule has 834 valence electrons. The third kappa shape index (κ3) is 19.9. The Morgan fingerprint density at radius 1 is 0.290 bits per heavy atom. The van der Waals surface area contributed by atoms with Crippen molar-refractivity contribution < 1.29 is 79.7 Å². The van der Waals surface area contributed by atoms with E-state index in [2.05, 4.69) is 145 Å². The standard InChI is InChI=1S/C27H44O3.C26H42O4.3C25H44O3.CH4/c1-7-18-22-14-16(2)10-12-27(22,5)21-11-13-26(4)19(17(3)15-23(28)30-6)8-9-20(26)24(21)25(18)29;1-6-17-21-14-16(27)9-11-26(21,4)20-10-12-25(3)18(15(2)13-22(28)30-5)7-8-19(25)23(20)24(17)29;3*1-5-17-21-14-16(27)8-11-25(21,4)20-9-12-24(3)18(15(2)10-13-26)6-7-19(24)22(20)23(17)28;/h16-22,24H,7-15H2,1-6H3;15-21,23,27H,6-14H2,1-5H3;3*15-23,26-28H,5-14H2,1-4H3;1H4/t16-,17-,18+,19-,20?,21?,22+,24?,26-,27-;15-,16-,17-,18-,19?,20?,21+,23?,25-,26-;15-,16-,17+,18-,19?,20?,21+,22?,23+,24-,25-;15-,16-,17+,18-,19?,20?,21+,22?,23-,24-,25-;15-,16-,17-,18-,19?,20?,21+,22?,23-,24-,25-;/m11111./s1. The average Bonchev–Trinajstić information content (AvgIpc) is 1.68. The first-order chi connectivity index (χ1) is 68.2. The lowest BCUT2D eigenvalue weighted by Gasteiger charge is -2.64. The zero-order valence-corrected chi connectivity index (χ0v) is 95.7. The van der Waals surface area contributed by atoms with Crippen LogP contribution in [0.4, 0.5) is 0 Å². The molecule has 20 saturated carbocycles. The van der Waals surface area contributed by atoms with Crippen LogP contribution in [0.3, 0.4) is 0 Å². The molecule has 16 heteroatoms. The summed E-state index contributed by atoms with van der Waals surface area (Å²) in [5.74, 6) is 18.5. The number of aliphatic hydroxyl groups is 10. The molecule has 145 heavy (non-hydrogen) atoms. The van der Waals surface area contributed by atoms with Crippen molar-refractivity contribution in [2.75, 3.05) is 34.0 Å². The molecular formula is C129H222O16. The molecular weight excluding hydrogens is 1810 g/mol. The maximum absolute atomic E-state index is 14.0. The molecule has 20 aliphatic rings. The number of carbonyl (C=O) groups excluding carboxylic acids is 4. The predicted molar refractivity (Wildman–Crippen MR) is 581 cm³/mol. The molecule has 0 bridgehead atoms. The number of rotatable bonds is 20. The molecule has 0 aliphatic heterocycles. The number of esters is 2. The van der Waals surface area contributed by atoms with E-state index in [0.717, 1.165) is 154 Å². The number of hydrogen-bond donors (Lipinski definition) is 10. The Kier molecular flexibility index (Phi) is 36.6. The average molecular weight is 2030 g/mol. The lowest BCUT2D eigenvalue weighted by Crippen LogP contribution is -2.62. The van der Waals surface area contributed by atoms with Crippen molar-refractivity contribution in [3.8, 4) is 0 Å². The molecule has 53 atom stereocenters. The van der Waals surface area contributed by atoms with Gasteiger partial charge < -0.3 is 60.5 Å². The molecule has 0 heterocycles. The molecule has 0 aromatic rings. The summed E-state index contributed by atoms with van der Waals surface area (Å²) in [6, 6.07) is 0. The molecule has 0 amide bonds. The number of hydrogen-bond acceptors (Lipinski definition) is 16. The summed E-state index contributed by atoms with van der Waals surface area (Å²) in [6.07, 6.45) is 47.6. The Hall–Kier alpha value is -2.12. The highest BCUT2D eigenvalue weighted by atomic mass is 16.5. The zero-order chi connectivity index (χ0) is 104. The molecule has 0 saturated heterocycles. The van der Waals surface area contributed by atoms with E-state index in [4.69, 9.17) is 9.47 Å². The van der Waals surface area contributed by atoms with Crippen LogP contribution in [-0.2, 0) is 28.7 Å². The fourth-order valence-electron chi connectivity index (χ4n) is 46.4. The van der Waals surface area contributed by atoms with Gasteiger partial charge in [0.25, 0.3) is 0 Å². The van der Waals surface area contributed by atoms with Gasteiger partial charge in [-0.3, -0.25) is 19.2 Å². The van der Waals surface area contributed by atoms with Crippen LogP contribution in [0, 0.1) is 267 Å². The number of aliphatic hydroxyl groups excluding tert-OH is 10.